The number of hydrogen-bond donors (Lipinski definition) is 0. The summed E-state index contributed by atoms with van der Waals surface area (Å²) in [4.78, 5) is 15.7. The van der Waals surface area contributed by atoms with E-state index in [0.717, 1.165) is 28.3 Å². The molecule has 0 bridgehead atoms. The first-order valence-electron chi connectivity index (χ1n) is 6.31. The van der Waals surface area contributed by atoms with Gasteiger partial charge in [-0.1, -0.05) is 18.2 Å². The third kappa shape index (κ3) is 2.03. The minimum Gasteiger partial charge on any atom is -0.497 e. The maximum Gasteiger partial charge on any atom is 0.150 e. The highest BCUT2D eigenvalue weighted by Gasteiger charge is 2.09. The van der Waals surface area contributed by atoms with Crippen molar-refractivity contribution < 1.29 is 9.53 Å². The molecule has 0 aliphatic rings. The summed E-state index contributed by atoms with van der Waals surface area (Å²) in [6.07, 6.45) is 2.62. The lowest BCUT2D eigenvalue weighted by molar-refractivity contribution is 0.112. The first-order chi connectivity index (χ1) is 9.83. The van der Waals surface area contributed by atoms with Crippen LogP contribution in [0.4, 0.5) is 0 Å². The molecule has 0 spiro atoms. The van der Waals surface area contributed by atoms with Gasteiger partial charge < -0.3 is 4.74 Å². The Morgan fingerprint density at radius 3 is 2.75 bits per heavy atom. The van der Waals surface area contributed by atoms with E-state index in [4.69, 9.17) is 4.74 Å². The Morgan fingerprint density at radius 2 is 1.95 bits per heavy atom. The number of aldehydes is 1. The maximum absolute atomic E-state index is 11.3. The van der Waals surface area contributed by atoms with Crippen molar-refractivity contribution in [1.29, 1.82) is 0 Å². The monoisotopic (exact) mass is 263 g/mol. The molecule has 3 aromatic rings. The summed E-state index contributed by atoms with van der Waals surface area (Å²) in [5, 5.41) is 1.03. The van der Waals surface area contributed by atoms with E-state index < -0.39 is 0 Å². The van der Waals surface area contributed by atoms with Crippen LogP contribution >= 0.6 is 0 Å². The van der Waals surface area contributed by atoms with E-state index >= 15 is 0 Å². The highest BCUT2D eigenvalue weighted by molar-refractivity contribution is 5.99. The number of methoxy groups -OCH3 is 1. The van der Waals surface area contributed by atoms with E-state index in [2.05, 4.69) is 4.98 Å². The van der Waals surface area contributed by atoms with Gasteiger partial charge in [0.05, 0.1) is 12.6 Å². The normalized spacial score (nSPS) is 10.4. The molecule has 0 atom stereocenters. The smallest absolute Gasteiger partial charge is 0.150 e. The van der Waals surface area contributed by atoms with Gasteiger partial charge in [-0.3, -0.25) is 9.78 Å². The van der Waals surface area contributed by atoms with Gasteiger partial charge in [0, 0.05) is 17.1 Å². The Hall–Kier alpha value is -2.68. The molecule has 3 rings (SSSR count). The molecule has 0 saturated carbocycles. The van der Waals surface area contributed by atoms with Crippen LogP contribution in [0.2, 0.25) is 0 Å². The summed E-state index contributed by atoms with van der Waals surface area (Å²) < 4.78 is 5.16. The van der Waals surface area contributed by atoms with Crippen LogP contribution in [0.25, 0.3) is 22.0 Å². The van der Waals surface area contributed by atoms with E-state index in [1.165, 1.54) is 0 Å². The highest BCUT2D eigenvalue weighted by Crippen LogP contribution is 2.31. The number of hydrogen-bond acceptors (Lipinski definition) is 3. The predicted molar refractivity (Wildman–Crippen MR) is 79.1 cm³/mol. The van der Waals surface area contributed by atoms with Crippen molar-refractivity contribution in [2.45, 2.75) is 0 Å². The summed E-state index contributed by atoms with van der Waals surface area (Å²) in [6.45, 7) is 0. The van der Waals surface area contributed by atoms with Crippen LogP contribution in [0, 0.1) is 0 Å². The average molecular weight is 263 g/mol. The molecule has 1 aromatic heterocycles. The molecule has 0 aliphatic heterocycles. The topological polar surface area (TPSA) is 39.2 Å². The number of benzene rings is 2. The number of carbonyl (C=O) groups is 1. The zero-order chi connectivity index (χ0) is 13.9. The van der Waals surface area contributed by atoms with E-state index in [9.17, 15) is 4.79 Å². The minimum atomic E-state index is 0.612. The van der Waals surface area contributed by atoms with E-state index in [1.807, 2.05) is 42.5 Å². The summed E-state index contributed by atoms with van der Waals surface area (Å²) in [7, 11) is 1.59. The van der Waals surface area contributed by atoms with Crippen molar-refractivity contribution in [2.24, 2.45) is 0 Å². The summed E-state index contributed by atoms with van der Waals surface area (Å²) in [5.41, 5.74) is 3.41. The molecule has 0 aliphatic carbocycles. The lowest BCUT2D eigenvalue weighted by atomic mass is 9.96. The van der Waals surface area contributed by atoms with Gasteiger partial charge in [0.25, 0.3) is 0 Å². The molecule has 0 N–H and O–H groups in total. The van der Waals surface area contributed by atoms with Crippen LogP contribution in [-0.4, -0.2) is 18.4 Å². The molecule has 1 heterocycles. The fourth-order valence-corrected chi connectivity index (χ4v) is 2.35. The zero-order valence-corrected chi connectivity index (χ0v) is 11.0. The lowest BCUT2D eigenvalue weighted by Crippen LogP contribution is -1.91. The van der Waals surface area contributed by atoms with Crippen LogP contribution in [0.15, 0.2) is 54.7 Å². The van der Waals surface area contributed by atoms with E-state index in [0.29, 0.717) is 11.3 Å². The van der Waals surface area contributed by atoms with Gasteiger partial charge in [0.1, 0.15) is 5.75 Å². The molecule has 0 saturated heterocycles. The van der Waals surface area contributed by atoms with Crippen molar-refractivity contribution >= 4 is 17.2 Å². The molecule has 3 heteroatoms. The molecule has 2 aromatic carbocycles. The van der Waals surface area contributed by atoms with Crippen LogP contribution < -0.4 is 4.74 Å². The first kappa shape index (κ1) is 12.4. The number of fused-ring (bicyclic) bond motifs is 1. The standard InChI is InChI=1S/C17H13NO2/c1-20-13-7-8-14(12(10-13)11-19)15-4-2-6-17-16(15)5-3-9-18-17/h2-11H,1H3. The fourth-order valence-electron chi connectivity index (χ4n) is 2.35. The van der Waals surface area contributed by atoms with E-state index in [-0.39, 0.29) is 0 Å². The molecular weight excluding hydrogens is 250 g/mol. The Balaban J connectivity index is 2.28. The third-order valence-corrected chi connectivity index (χ3v) is 3.32. The van der Waals surface area contributed by atoms with Crippen LogP contribution in [-0.2, 0) is 0 Å². The Bertz CT molecular complexity index is 776. The van der Waals surface area contributed by atoms with Crippen LogP contribution in [0.3, 0.4) is 0 Å². The van der Waals surface area contributed by atoms with Crippen LogP contribution in [0.5, 0.6) is 5.75 Å². The first-order valence-corrected chi connectivity index (χ1v) is 6.31. The van der Waals surface area contributed by atoms with Crippen molar-refractivity contribution in [3.05, 3.63) is 60.3 Å². The number of rotatable bonds is 3. The molecule has 98 valence electrons. The largest absolute Gasteiger partial charge is 0.497 e. The Labute approximate surface area is 116 Å². The Morgan fingerprint density at radius 1 is 1.05 bits per heavy atom. The summed E-state index contributed by atoms with van der Waals surface area (Å²) in [6, 6.07) is 15.3. The zero-order valence-electron chi connectivity index (χ0n) is 11.0. The quantitative estimate of drug-likeness (QED) is 0.676. The van der Waals surface area contributed by atoms with Crippen molar-refractivity contribution in [3.8, 4) is 16.9 Å². The summed E-state index contributed by atoms with van der Waals surface area (Å²) >= 11 is 0. The second-order valence-electron chi connectivity index (χ2n) is 4.45. The van der Waals surface area contributed by atoms with Gasteiger partial charge in [-0.05, 0) is 41.5 Å². The number of pyridine rings is 1. The second-order valence-corrected chi connectivity index (χ2v) is 4.45. The second kappa shape index (κ2) is 5.13. The number of carbonyl (C=O) groups excluding carboxylic acids is 1. The van der Waals surface area contributed by atoms with Gasteiger partial charge in [0.15, 0.2) is 6.29 Å². The van der Waals surface area contributed by atoms with Gasteiger partial charge in [0.2, 0.25) is 0 Å². The lowest BCUT2D eigenvalue weighted by Gasteiger charge is -2.10. The van der Waals surface area contributed by atoms with Gasteiger partial charge in [-0.15, -0.1) is 0 Å². The van der Waals surface area contributed by atoms with E-state index in [1.54, 1.807) is 19.4 Å². The predicted octanol–water partition coefficient (Wildman–Crippen LogP) is 3.72. The molecule has 0 amide bonds. The Kier molecular flexibility index (Phi) is 3.17. The van der Waals surface area contributed by atoms with Gasteiger partial charge >= 0.3 is 0 Å². The fraction of sp³-hybridized carbons (Fsp3) is 0.0588. The summed E-state index contributed by atoms with van der Waals surface area (Å²) in [5.74, 6) is 0.675. The minimum absolute atomic E-state index is 0.612. The van der Waals surface area contributed by atoms with Crippen molar-refractivity contribution in [1.82, 2.24) is 4.98 Å². The molecular formula is C17H13NO2. The third-order valence-electron chi connectivity index (χ3n) is 3.32. The molecule has 20 heavy (non-hydrogen) atoms. The van der Waals surface area contributed by atoms with Crippen LogP contribution in [0.1, 0.15) is 10.4 Å². The number of aromatic nitrogens is 1. The molecule has 0 radical (unpaired) electrons. The molecule has 3 nitrogen and oxygen atoms in total. The SMILES string of the molecule is COc1ccc(-c2cccc3ncccc23)c(C=O)c1. The van der Waals surface area contributed by atoms with Gasteiger partial charge in [-0.2, -0.15) is 0 Å². The average Bonchev–Trinajstić information content (AvgIpc) is 2.53. The number of ether oxygens (including phenoxy) is 1. The number of nitrogens with zero attached hydrogens (tertiary/aromatic N) is 1. The maximum atomic E-state index is 11.3. The molecule has 0 fully saturated rings. The highest BCUT2D eigenvalue weighted by atomic mass is 16.5. The van der Waals surface area contributed by atoms with Crippen molar-refractivity contribution in [2.75, 3.05) is 7.11 Å². The van der Waals surface area contributed by atoms with Gasteiger partial charge in [-0.25, -0.2) is 0 Å². The van der Waals surface area contributed by atoms with Crippen molar-refractivity contribution in [3.63, 3.8) is 0 Å². The molecule has 0 unspecified atom stereocenters.